The Kier molecular flexibility index (Phi) is 3.42. The molecule has 5 nitrogen and oxygen atoms in total. The van der Waals surface area contributed by atoms with Crippen molar-refractivity contribution in [1.82, 2.24) is 9.71 Å². The predicted molar refractivity (Wildman–Crippen MR) is 73.9 cm³/mol. The number of aromatic nitrogens is 1. The number of nitrogens with zero attached hydrogens (tertiary/aromatic N) is 1. The van der Waals surface area contributed by atoms with E-state index in [-0.39, 0.29) is 11.4 Å². The normalized spacial score (nSPS) is 13.8. The summed E-state index contributed by atoms with van der Waals surface area (Å²) in [5.74, 6) is 0.774. The van der Waals surface area contributed by atoms with Crippen LogP contribution in [0.2, 0.25) is 0 Å². The lowest BCUT2D eigenvalue weighted by Gasteiger charge is -2.08. The number of fused-ring (bicyclic) bond motifs is 1. The van der Waals surface area contributed by atoms with Crippen molar-refractivity contribution in [3.8, 4) is 5.75 Å². The van der Waals surface area contributed by atoms with Crippen molar-refractivity contribution in [2.75, 3.05) is 6.61 Å². The topological polar surface area (TPSA) is 68.3 Å². The Balaban J connectivity index is 1.78. The molecule has 0 fully saturated rings. The van der Waals surface area contributed by atoms with Gasteiger partial charge in [-0.1, -0.05) is 6.07 Å². The van der Waals surface area contributed by atoms with Gasteiger partial charge < -0.3 is 4.74 Å². The molecule has 0 bridgehead atoms. The van der Waals surface area contributed by atoms with Gasteiger partial charge in [-0.05, 0) is 35.4 Å². The van der Waals surface area contributed by atoms with Gasteiger partial charge in [-0.2, -0.15) is 0 Å². The standard InChI is InChI=1S/C14H14N2O3S/c17-20(18,16-10-11-2-1-6-15-9-11)13-3-4-14-12(8-13)5-7-19-14/h1-4,6,8-9,16H,5,7,10H2. The molecule has 6 heteroatoms. The molecule has 1 aromatic carbocycles. The zero-order chi connectivity index (χ0) is 14.0. The monoisotopic (exact) mass is 290 g/mol. The van der Waals surface area contributed by atoms with Crippen molar-refractivity contribution < 1.29 is 13.2 Å². The Morgan fingerprint density at radius 2 is 2.20 bits per heavy atom. The van der Waals surface area contributed by atoms with Crippen LogP contribution < -0.4 is 9.46 Å². The molecule has 1 aromatic heterocycles. The van der Waals surface area contributed by atoms with Gasteiger partial charge in [-0.3, -0.25) is 4.98 Å². The van der Waals surface area contributed by atoms with Gasteiger partial charge in [0.2, 0.25) is 10.0 Å². The second kappa shape index (κ2) is 5.22. The van der Waals surface area contributed by atoms with E-state index in [0.29, 0.717) is 6.61 Å². The number of benzene rings is 1. The van der Waals surface area contributed by atoms with Crippen LogP contribution in [0, 0.1) is 0 Å². The van der Waals surface area contributed by atoms with Gasteiger partial charge in [-0.25, -0.2) is 13.1 Å². The molecular formula is C14H14N2O3S. The lowest BCUT2D eigenvalue weighted by Crippen LogP contribution is -2.23. The van der Waals surface area contributed by atoms with Gasteiger partial charge in [0.25, 0.3) is 0 Å². The first-order chi connectivity index (χ1) is 9.65. The second-order valence-corrected chi connectivity index (χ2v) is 6.32. The predicted octanol–water partition coefficient (Wildman–Crippen LogP) is 1.50. The van der Waals surface area contributed by atoms with Gasteiger partial charge >= 0.3 is 0 Å². The summed E-state index contributed by atoms with van der Waals surface area (Å²) in [5, 5.41) is 0. The molecule has 0 aliphatic carbocycles. The number of rotatable bonds is 4. The van der Waals surface area contributed by atoms with Crippen LogP contribution in [0.1, 0.15) is 11.1 Å². The van der Waals surface area contributed by atoms with E-state index >= 15 is 0 Å². The van der Waals surface area contributed by atoms with Crippen LogP contribution in [0.3, 0.4) is 0 Å². The number of ether oxygens (including phenoxy) is 1. The summed E-state index contributed by atoms with van der Waals surface area (Å²) < 4.78 is 32.4. The summed E-state index contributed by atoms with van der Waals surface area (Å²) in [6.45, 7) is 0.839. The molecule has 0 atom stereocenters. The minimum Gasteiger partial charge on any atom is -0.493 e. The molecule has 0 unspecified atom stereocenters. The van der Waals surface area contributed by atoms with Crippen LogP contribution in [-0.4, -0.2) is 20.0 Å². The van der Waals surface area contributed by atoms with Crippen molar-refractivity contribution in [3.05, 3.63) is 53.9 Å². The Morgan fingerprint density at radius 1 is 1.30 bits per heavy atom. The van der Waals surface area contributed by atoms with Gasteiger partial charge in [0.15, 0.2) is 0 Å². The molecule has 1 aliphatic rings. The number of hydrogen-bond donors (Lipinski definition) is 1. The van der Waals surface area contributed by atoms with E-state index in [4.69, 9.17) is 4.74 Å². The van der Waals surface area contributed by atoms with E-state index in [1.807, 2.05) is 6.07 Å². The minimum absolute atomic E-state index is 0.226. The number of nitrogens with one attached hydrogen (secondary N) is 1. The Bertz CT molecular complexity index is 714. The maximum absolute atomic E-state index is 12.2. The maximum Gasteiger partial charge on any atom is 0.240 e. The third-order valence-electron chi connectivity index (χ3n) is 3.16. The maximum atomic E-state index is 12.2. The van der Waals surface area contributed by atoms with Gasteiger partial charge in [0, 0.05) is 25.4 Å². The largest absolute Gasteiger partial charge is 0.493 e. The third-order valence-corrected chi connectivity index (χ3v) is 4.56. The smallest absolute Gasteiger partial charge is 0.240 e. The quantitative estimate of drug-likeness (QED) is 0.926. The van der Waals surface area contributed by atoms with Crippen LogP contribution in [0.4, 0.5) is 0 Å². The molecule has 1 N–H and O–H groups in total. The van der Waals surface area contributed by atoms with Crippen molar-refractivity contribution in [2.24, 2.45) is 0 Å². The summed E-state index contributed by atoms with van der Waals surface area (Å²) >= 11 is 0. The third kappa shape index (κ3) is 2.66. The second-order valence-electron chi connectivity index (χ2n) is 4.55. The van der Waals surface area contributed by atoms with Crippen molar-refractivity contribution in [2.45, 2.75) is 17.9 Å². The van der Waals surface area contributed by atoms with Crippen LogP contribution in [-0.2, 0) is 23.0 Å². The van der Waals surface area contributed by atoms with Crippen molar-refractivity contribution >= 4 is 10.0 Å². The lowest BCUT2D eigenvalue weighted by atomic mass is 10.2. The Labute approximate surface area is 117 Å². The lowest BCUT2D eigenvalue weighted by molar-refractivity contribution is 0.356. The average molecular weight is 290 g/mol. The molecule has 1 aliphatic heterocycles. The van der Waals surface area contributed by atoms with Crippen molar-refractivity contribution in [1.29, 1.82) is 0 Å². The number of pyridine rings is 1. The fourth-order valence-electron chi connectivity index (χ4n) is 2.09. The fraction of sp³-hybridized carbons (Fsp3) is 0.214. The zero-order valence-electron chi connectivity index (χ0n) is 10.7. The van der Waals surface area contributed by atoms with E-state index in [1.54, 1.807) is 36.7 Å². The average Bonchev–Trinajstić information content (AvgIpc) is 2.94. The minimum atomic E-state index is -3.51. The molecule has 0 amide bonds. The van der Waals surface area contributed by atoms with E-state index in [2.05, 4.69) is 9.71 Å². The first-order valence-electron chi connectivity index (χ1n) is 6.29. The highest BCUT2D eigenvalue weighted by Crippen LogP contribution is 2.27. The highest BCUT2D eigenvalue weighted by Gasteiger charge is 2.18. The van der Waals surface area contributed by atoms with E-state index in [0.717, 1.165) is 23.3 Å². The molecule has 3 rings (SSSR count). The van der Waals surface area contributed by atoms with E-state index in [1.165, 1.54) is 0 Å². The highest BCUT2D eigenvalue weighted by molar-refractivity contribution is 7.89. The van der Waals surface area contributed by atoms with Crippen molar-refractivity contribution in [3.63, 3.8) is 0 Å². The van der Waals surface area contributed by atoms with E-state index < -0.39 is 10.0 Å². The summed E-state index contributed by atoms with van der Waals surface area (Å²) in [4.78, 5) is 4.22. The number of sulfonamides is 1. The molecule has 20 heavy (non-hydrogen) atoms. The van der Waals surface area contributed by atoms with Crippen LogP contribution in [0.15, 0.2) is 47.6 Å². The van der Waals surface area contributed by atoms with Gasteiger partial charge in [-0.15, -0.1) is 0 Å². The molecule has 0 radical (unpaired) electrons. The van der Waals surface area contributed by atoms with Gasteiger partial charge in [0.1, 0.15) is 5.75 Å². The molecular weight excluding hydrogens is 276 g/mol. The molecule has 104 valence electrons. The Hall–Kier alpha value is -1.92. The molecule has 0 saturated heterocycles. The molecule has 2 heterocycles. The van der Waals surface area contributed by atoms with Crippen LogP contribution in [0.5, 0.6) is 5.75 Å². The highest BCUT2D eigenvalue weighted by atomic mass is 32.2. The summed E-state index contributed by atoms with van der Waals surface area (Å²) in [7, 11) is -3.51. The van der Waals surface area contributed by atoms with Crippen LogP contribution >= 0.6 is 0 Å². The summed E-state index contributed by atoms with van der Waals surface area (Å²) in [5.41, 5.74) is 1.76. The Morgan fingerprint density at radius 3 is 3.00 bits per heavy atom. The summed E-state index contributed by atoms with van der Waals surface area (Å²) in [6, 6.07) is 8.55. The SMILES string of the molecule is O=S(=O)(NCc1cccnc1)c1ccc2c(c1)CCO2. The zero-order valence-corrected chi connectivity index (χ0v) is 11.6. The van der Waals surface area contributed by atoms with E-state index in [9.17, 15) is 8.42 Å². The first-order valence-corrected chi connectivity index (χ1v) is 7.78. The summed E-state index contributed by atoms with van der Waals surface area (Å²) in [6.07, 6.45) is 4.04. The van der Waals surface area contributed by atoms with Crippen LogP contribution in [0.25, 0.3) is 0 Å². The molecule has 0 spiro atoms. The first kappa shape index (κ1) is 13.1. The molecule has 2 aromatic rings. The molecule has 0 saturated carbocycles. The fourth-order valence-corrected chi connectivity index (χ4v) is 3.16. The number of hydrogen-bond acceptors (Lipinski definition) is 4. The van der Waals surface area contributed by atoms with Gasteiger partial charge in [0.05, 0.1) is 11.5 Å².